The molecule has 8 rings (SSSR count). The Kier molecular flexibility index (Phi) is 5.00. The summed E-state index contributed by atoms with van der Waals surface area (Å²) in [7, 11) is 0. The van der Waals surface area contributed by atoms with E-state index in [1.807, 2.05) is 41.7 Å². The highest BCUT2D eigenvalue weighted by atomic mass is 32.1. The zero-order chi connectivity index (χ0) is 25.8. The van der Waals surface area contributed by atoms with Gasteiger partial charge in [0, 0.05) is 47.9 Å². The highest BCUT2D eigenvalue weighted by Crippen LogP contribution is 2.44. The number of anilines is 3. The van der Waals surface area contributed by atoms with Gasteiger partial charge in [-0.05, 0) is 54.6 Å². The average Bonchev–Trinajstić information content (AvgIpc) is 3.60. The predicted octanol–water partition coefficient (Wildman–Crippen LogP) is 10.5. The number of rotatable bonds is 4. The second kappa shape index (κ2) is 8.83. The molecule has 0 aliphatic rings. The first-order chi connectivity index (χ1) is 19.3. The van der Waals surface area contributed by atoms with E-state index in [0.717, 1.165) is 44.5 Å². The molecule has 0 aliphatic carbocycles. The number of oxazole rings is 1. The second-order valence-corrected chi connectivity index (χ2v) is 10.7. The van der Waals surface area contributed by atoms with Gasteiger partial charge in [-0.3, -0.25) is 0 Å². The van der Waals surface area contributed by atoms with Crippen molar-refractivity contribution in [3.63, 3.8) is 0 Å². The summed E-state index contributed by atoms with van der Waals surface area (Å²) in [5.41, 5.74) is 5.87. The summed E-state index contributed by atoms with van der Waals surface area (Å²) in [6.45, 7) is 0. The van der Waals surface area contributed by atoms with E-state index >= 15 is 0 Å². The molecule has 0 saturated carbocycles. The number of benzene rings is 6. The lowest BCUT2D eigenvalue weighted by molar-refractivity contribution is 0.623. The fourth-order valence-corrected chi connectivity index (χ4v) is 6.57. The molecule has 0 saturated heterocycles. The van der Waals surface area contributed by atoms with Crippen molar-refractivity contribution in [3.8, 4) is 11.5 Å². The van der Waals surface area contributed by atoms with Crippen LogP contribution < -0.4 is 4.90 Å². The van der Waals surface area contributed by atoms with Crippen molar-refractivity contribution in [1.29, 1.82) is 0 Å². The van der Waals surface area contributed by atoms with Crippen LogP contribution >= 0.6 is 11.3 Å². The van der Waals surface area contributed by atoms with Gasteiger partial charge in [-0.25, -0.2) is 4.98 Å². The van der Waals surface area contributed by atoms with Crippen molar-refractivity contribution in [3.05, 3.63) is 133 Å². The molecule has 39 heavy (non-hydrogen) atoms. The molecule has 0 N–H and O–H groups in total. The molecule has 0 atom stereocenters. The topological polar surface area (TPSA) is 29.3 Å². The molecule has 0 spiro atoms. The second-order valence-electron chi connectivity index (χ2n) is 9.62. The maximum absolute atomic E-state index is 6.38. The molecule has 4 heteroatoms. The predicted molar refractivity (Wildman–Crippen MR) is 165 cm³/mol. The molecule has 0 fully saturated rings. The van der Waals surface area contributed by atoms with Gasteiger partial charge in [-0.2, -0.15) is 0 Å². The Hall–Kier alpha value is -4.93. The molecule has 0 unspecified atom stereocenters. The highest BCUT2D eigenvalue weighted by Gasteiger charge is 2.21. The highest BCUT2D eigenvalue weighted by molar-refractivity contribution is 7.25. The Morgan fingerprint density at radius 2 is 1.21 bits per heavy atom. The standard InChI is InChI=1S/C35H22N2OS/c1-3-11-23(12-4-1)35-36-30-22-31(26-15-7-8-17-28(26)34(30)38-35)37(24-13-5-2-6-14-24)25-19-20-33-29(21-25)27-16-9-10-18-32(27)39-33/h1-22H. The lowest BCUT2D eigenvalue weighted by atomic mass is 10.0. The van der Waals surface area contributed by atoms with Gasteiger partial charge >= 0.3 is 0 Å². The van der Waals surface area contributed by atoms with Crippen molar-refractivity contribution in [2.24, 2.45) is 0 Å². The van der Waals surface area contributed by atoms with Crippen LogP contribution in [0.4, 0.5) is 17.1 Å². The Morgan fingerprint density at radius 1 is 0.538 bits per heavy atom. The lowest BCUT2D eigenvalue weighted by Crippen LogP contribution is -2.10. The molecule has 184 valence electrons. The van der Waals surface area contributed by atoms with Crippen LogP contribution in [0, 0.1) is 0 Å². The van der Waals surface area contributed by atoms with Crippen molar-refractivity contribution in [2.45, 2.75) is 0 Å². The van der Waals surface area contributed by atoms with Gasteiger partial charge in [0.15, 0.2) is 5.58 Å². The summed E-state index contributed by atoms with van der Waals surface area (Å²) < 4.78 is 8.97. The minimum absolute atomic E-state index is 0.630. The summed E-state index contributed by atoms with van der Waals surface area (Å²) in [6, 6.07) is 46.7. The minimum Gasteiger partial charge on any atom is -0.435 e. The summed E-state index contributed by atoms with van der Waals surface area (Å²) in [5.74, 6) is 0.630. The van der Waals surface area contributed by atoms with E-state index < -0.39 is 0 Å². The number of nitrogens with zero attached hydrogens (tertiary/aromatic N) is 2. The van der Waals surface area contributed by atoms with E-state index in [0.29, 0.717) is 5.89 Å². The van der Waals surface area contributed by atoms with Crippen molar-refractivity contribution >= 4 is 70.4 Å². The molecule has 0 amide bonds. The van der Waals surface area contributed by atoms with E-state index in [2.05, 4.69) is 108 Å². The number of thiophene rings is 1. The van der Waals surface area contributed by atoms with Crippen LogP contribution in [-0.4, -0.2) is 4.98 Å². The average molecular weight is 519 g/mol. The summed E-state index contributed by atoms with van der Waals surface area (Å²) in [6.07, 6.45) is 0. The van der Waals surface area contributed by atoms with Crippen LogP contribution in [0.2, 0.25) is 0 Å². The Morgan fingerprint density at radius 3 is 2.03 bits per heavy atom. The van der Waals surface area contributed by atoms with Crippen molar-refractivity contribution < 1.29 is 4.42 Å². The fraction of sp³-hybridized carbons (Fsp3) is 0. The molecule has 2 heterocycles. The van der Waals surface area contributed by atoms with Crippen LogP contribution in [-0.2, 0) is 0 Å². The van der Waals surface area contributed by atoms with E-state index in [4.69, 9.17) is 9.40 Å². The quantitative estimate of drug-likeness (QED) is 0.232. The molecular weight excluding hydrogens is 496 g/mol. The summed E-state index contributed by atoms with van der Waals surface area (Å²) >= 11 is 1.84. The van der Waals surface area contributed by atoms with Crippen LogP contribution in [0.25, 0.3) is 53.5 Å². The van der Waals surface area contributed by atoms with E-state index in [9.17, 15) is 0 Å². The number of aromatic nitrogens is 1. The largest absolute Gasteiger partial charge is 0.435 e. The van der Waals surface area contributed by atoms with Gasteiger partial charge < -0.3 is 9.32 Å². The fourth-order valence-electron chi connectivity index (χ4n) is 5.48. The Labute approximate surface area is 229 Å². The summed E-state index contributed by atoms with van der Waals surface area (Å²) in [4.78, 5) is 7.29. The van der Waals surface area contributed by atoms with Gasteiger partial charge in [0.25, 0.3) is 0 Å². The van der Waals surface area contributed by atoms with E-state index in [1.54, 1.807) is 0 Å². The maximum atomic E-state index is 6.38. The molecule has 0 aliphatic heterocycles. The van der Waals surface area contributed by atoms with Gasteiger partial charge in [0.2, 0.25) is 5.89 Å². The van der Waals surface area contributed by atoms with Crippen molar-refractivity contribution in [2.75, 3.05) is 4.90 Å². The number of hydrogen-bond acceptors (Lipinski definition) is 4. The van der Waals surface area contributed by atoms with E-state index in [1.165, 1.54) is 20.2 Å². The molecule has 6 aromatic carbocycles. The third-order valence-corrected chi connectivity index (χ3v) is 8.42. The van der Waals surface area contributed by atoms with Gasteiger partial charge in [-0.15, -0.1) is 11.3 Å². The van der Waals surface area contributed by atoms with Gasteiger partial charge in [-0.1, -0.05) is 78.9 Å². The van der Waals surface area contributed by atoms with Crippen LogP contribution in [0.5, 0.6) is 0 Å². The molecule has 0 radical (unpaired) electrons. The SMILES string of the molecule is c1ccc(-c2nc3cc(N(c4ccccc4)c4ccc5sc6ccccc6c5c4)c4ccccc4c3o2)cc1. The first kappa shape index (κ1) is 22.1. The molecular formula is C35H22N2OS. The first-order valence-corrected chi connectivity index (χ1v) is 13.8. The third-order valence-electron chi connectivity index (χ3n) is 7.27. The zero-order valence-electron chi connectivity index (χ0n) is 20.9. The maximum Gasteiger partial charge on any atom is 0.227 e. The lowest BCUT2D eigenvalue weighted by Gasteiger charge is -2.27. The Bertz CT molecular complexity index is 2130. The molecule has 8 aromatic rings. The zero-order valence-corrected chi connectivity index (χ0v) is 21.7. The number of hydrogen-bond donors (Lipinski definition) is 0. The van der Waals surface area contributed by atoms with Gasteiger partial charge in [0.1, 0.15) is 5.52 Å². The molecule has 0 bridgehead atoms. The normalized spacial score (nSPS) is 11.6. The van der Waals surface area contributed by atoms with Crippen LogP contribution in [0.15, 0.2) is 138 Å². The minimum atomic E-state index is 0.630. The van der Waals surface area contributed by atoms with Crippen molar-refractivity contribution in [1.82, 2.24) is 4.98 Å². The third kappa shape index (κ3) is 3.61. The summed E-state index contributed by atoms with van der Waals surface area (Å²) in [5, 5.41) is 4.71. The monoisotopic (exact) mass is 518 g/mol. The molecule has 2 aromatic heterocycles. The van der Waals surface area contributed by atoms with Crippen LogP contribution in [0.3, 0.4) is 0 Å². The first-order valence-electron chi connectivity index (χ1n) is 13.0. The van der Waals surface area contributed by atoms with Gasteiger partial charge in [0.05, 0.1) is 5.69 Å². The molecule has 3 nitrogen and oxygen atoms in total. The van der Waals surface area contributed by atoms with E-state index in [-0.39, 0.29) is 0 Å². The number of para-hydroxylation sites is 1. The number of fused-ring (bicyclic) bond motifs is 6. The smallest absolute Gasteiger partial charge is 0.227 e. The van der Waals surface area contributed by atoms with Crippen LogP contribution in [0.1, 0.15) is 0 Å². The Balaban J connectivity index is 1.41.